The summed E-state index contributed by atoms with van der Waals surface area (Å²) in [4.78, 5) is 12.0. The Morgan fingerprint density at radius 3 is 2.10 bits per heavy atom. The summed E-state index contributed by atoms with van der Waals surface area (Å²) in [6.07, 6.45) is 2.20. The SMILES string of the molecule is C=C[C@@H]([C@@H](COCc1ccccc1)OCc1ccccc1)C(F)(F)C(=O)/C=C/C. The van der Waals surface area contributed by atoms with Gasteiger partial charge in [0.25, 0.3) is 0 Å². The van der Waals surface area contributed by atoms with E-state index in [0.717, 1.165) is 23.3 Å². The fourth-order valence-electron chi connectivity index (χ4n) is 2.86. The van der Waals surface area contributed by atoms with Gasteiger partial charge in [-0.15, -0.1) is 6.58 Å². The second-order valence-corrected chi connectivity index (χ2v) is 6.58. The fourth-order valence-corrected chi connectivity index (χ4v) is 2.86. The first-order valence-electron chi connectivity index (χ1n) is 9.43. The van der Waals surface area contributed by atoms with Gasteiger partial charge < -0.3 is 9.47 Å². The lowest BCUT2D eigenvalue weighted by Crippen LogP contribution is -2.44. The van der Waals surface area contributed by atoms with Crippen LogP contribution >= 0.6 is 0 Å². The number of carbonyl (C=O) groups excluding carboxylic acids is 1. The van der Waals surface area contributed by atoms with Crippen LogP contribution in [0.2, 0.25) is 0 Å². The maximum atomic E-state index is 14.8. The molecule has 2 rings (SSSR count). The number of halogens is 2. The van der Waals surface area contributed by atoms with E-state index < -0.39 is 23.7 Å². The minimum absolute atomic E-state index is 0.100. The Morgan fingerprint density at radius 2 is 1.59 bits per heavy atom. The summed E-state index contributed by atoms with van der Waals surface area (Å²) < 4.78 is 41.0. The van der Waals surface area contributed by atoms with Crippen LogP contribution in [-0.2, 0) is 27.5 Å². The number of hydrogen-bond acceptors (Lipinski definition) is 3. The van der Waals surface area contributed by atoms with E-state index in [1.807, 2.05) is 60.7 Å². The molecule has 3 nitrogen and oxygen atoms in total. The number of rotatable bonds is 12. The van der Waals surface area contributed by atoms with Crippen molar-refractivity contribution in [3.05, 3.63) is 96.6 Å². The Balaban J connectivity index is 2.14. The van der Waals surface area contributed by atoms with E-state index in [9.17, 15) is 13.6 Å². The molecule has 2 aromatic carbocycles. The standard InChI is InChI=1S/C24H26F2O3/c1-3-11-23(27)24(25,26)21(4-2)22(29-17-20-14-9-6-10-15-20)18-28-16-19-12-7-5-8-13-19/h3-15,21-22H,2,16-18H2,1H3/b11-3+/t21-,22+/m0/s1. The predicted octanol–water partition coefficient (Wildman–Crippen LogP) is 5.37. The molecule has 29 heavy (non-hydrogen) atoms. The second-order valence-electron chi connectivity index (χ2n) is 6.58. The lowest BCUT2D eigenvalue weighted by molar-refractivity contribution is -0.158. The third kappa shape index (κ3) is 6.73. The van der Waals surface area contributed by atoms with Gasteiger partial charge in [0.05, 0.1) is 31.8 Å². The average molecular weight is 400 g/mol. The fraction of sp³-hybridized carbons (Fsp3) is 0.292. The molecule has 0 saturated heterocycles. The summed E-state index contributed by atoms with van der Waals surface area (Å²) >= 11 is 0. The molecule has 0 fully saturated rings. The molecule has 0 saturated carbocycles. The van der Waals surface area contributed by atoms with Crippen LogP contribution in [0.4, 0.5) is 8.78 Å². The number of hydrogen-bond donors (Lipinski definition) is 0. The number of ether oxygens (including phenoxy) is 2. The molecule has 0 aliphatic heterocycles. The lowest BCUT2D eigenvalue weighted by atomic mass is 9.91. The monoisotopic (exact) mass is 400 g/mol. The van der Waals surface area contributed by atoms with Gasteiger partial charge in [-0.05, 0) is 24.1 Å². The van der Waals surface area contributed by atoms with E-state index >= 15 is 0 Å². The van der Waals surface area contributed by atoms with Crippen LogP contribution < -0.4 is 0 Å². The summed E-state index contributed by atoms with van der Waals surface area (Å²) in [5.74, 6) is -6.45. The molecule has 0 aromatic heterocycles. The van der Waals surface area contributed by atoms with Gasteiger partial charge >= 0.3 is 5.92 Å². The van der Waals surface area contributed by atoms with Crippen molar-refractivity contribution in [2.24, 2.45) is 5.92 Å². The molecular weight excluding hydrogens is 374 g/mol. The van der Waals surface area contributed by atoms with Crippen molar-refractivity contribution in [1.29, 1.82) is 0 Å². The number of alkyl halides is 2. The molecule has 0 bridgehead atoms. The Labute approximate surface area is 170 Å². The van der Waals surface area contributed by atoms with Gasteiger partial charge in [-0.2, -0.15) is 8.78 Å². The zero-order chi connectivity index (χ0) is 21.1. The Kier molecular flexibility index (Phi) is 8.90. The molecule has 0 spiro atoms. The van der Waals surface area contributed by atoms with Crippen molar-refractivity contribution in [1.82, 2.24) is 0 Å². The van der Waals surface area contributed by atoms with Gasteiger partial charge in [0.2, 0.25) is 5.78 Å². The normalized spacial score (nSPS) is 13.9. The first-order valence-corrected chi connectivity index (χ1v) is 9.43. The van der Waals surface area contributed by atoms with Crippen LogP contribution in [0, 0.1) is 5.92 Å². The Morgan fingerprint density at radius 1 is 1.03 bits per heavy atom. The van der Waals surface area contributed by atoms with Gasteiger partial charge in [0.1, 0.15) is 0 Å². The number of carbonyl (C=O) groups is 1. The van der Waals surface area contributed by atoms with Crippen molar-refractivity contribution in [3.8, 4) is 0 Å². The van der Waals surface area contributed by atoms with E-state index in [0.29, 0.717) is 0 Å². The molecule has 154 valence electrons. The molecule has 0 N–H and O–H groups in total. The molecule has 0 radical (unpaired) electrons. The molecule has 2 atom stereocenters. The van der Waals surface area contributed by atoms with Crippen LogP contribution in [0.25, 0.3) is 0 Å². The van der Waals surface area contributed by atoms with E-state index in [1.54, 1.807) is 0 Å². The zero-order valence-corrected chi connectivity index (χ0v) is 16.5. The third-order valence-electron chi connectivity index (χ3n) is 4.42. The largest absolute Gasteiger partial charge is 0.374 e. The van der Waals surface area contributed by atoms with E-state index in [-0.39, 0.29) is 19.8 Å². The molecule has 0 unspecified atom stereocenters. The summed E-state index contributed by atoms with van der Waals surface area (Å²) in [6, 6.07) is 18.6. The highest BCUT2D eigenvalue weighted by Crippen LogP contribution is 2.32. The quantitative estimate of drug-likeness (QED) is 0.355. The van der Waals surface area contributed by atoms with Crippen LogP contribution in [0.15, 0.2) is 85.5 Å². The molecule has 0 aliphatic rings. The highest BCUT2D eigenvalue weighted by Gasteiger charge is 2.48. The van der Waals surface area contributed by atoms with E-state index in [2.05, 4.69) is 6.58 Å². The maximum absolute atomic E-state index is 14.8. The zero-order valence-electron chi connectivity index (χ0n) is 16.5. The smallest absolute Gasteiger partial charge is 0.317 e. The highest BCUT2D eigenvalue weighted by atomic mass is 19.3. The summed E-state index contributed by atoms with van der Waals surface area (Å²) in [7, 11) is 0. The third-order valence-corrected chi connectivity index (χ3v) is 4.42. The van der Waals surface area contributed by atoms with Gasteiger partial charge in [-0.25, -0.2) is 0 Å². The van der Waals surface area contributed by atoms with Crippen LogP contribution in [0.1, 0.15) is 18.1 Å². The Hall–Kier alpha value is -2.63. The summed E-state index contributed by atoms with van der Waals surface area (Å²) in [6.45, 7) is 5.31. The second kappa shape index (κ2) is 11.4. The number of ketones is 1. The molecule has 2 aromatic rings. The average Bonchev–Trinajstić information content (AvgIpc) is 2.73. The number of allylic oxidation sites excluding steroid dienone is 2. The van der Waals surface area contributed by atoms with Crippen molar-refractivity contribution in [3.63, 3.8) is 0 Å². The van der Waals surface area contributed by atoms with Crippen molar-refractivity contribution >= 4 is 5.78 Å². The summed E-state index contributed by atoms with van der Waals surface area (Å²) in [5, 5.41) is 0. The van der Waals surface area contributed by atoms with Crippen LogP contribution in [0.3, 0.4) is 0 Å². The first kappa shape index (κ1) is 22.7. The molecule has 0 heterocycles. The molecule has 0 aliphatic carbocycles. The first-order chi connectivity index (χ1) is 14.0. The summed E-state index contributed by atoms with van der Waals surface area (Å²) in [5.41, 5.74) is 1.76. The molecule has 0 amide bonds. The molecule has 5 heteroatoms. The highest BCUT2D eigenvalue weighted by molar-refractivity contribution is 5.96. The van der Waals surface area contributed by atoms with Gasteiger partial charge in [0, 0.05) is 0 Å². The van der Waals surface area contributed by atoms with Gasteiger partial charge in [0.15, 0.2) is 0 Å². The Bertz CT molecular complexity index is 788. The van der Waals surface area contributed by atoms with E-state index in [1.165, 1.54) is 13.0 Å². The topological polar surface area (TPSA) is 35.5 Å². The van der Waals surface area contributed by atoms with Gasteiger partial charge in [-0.3, -0.25) is 4.79 Å². The van der Waals surface area contributed by atoms with Crippen molar-refractivity contribution < 1.29 is 23.0 Å². The predicted molar refractivity (Wildman–Crippen MR) is 110 cm³/mol. The van der Waals surface area contributed by atoms with Crippen molar-refractivity contribution in [2.45, 2.75) is 32.2 Å². The minimum atomic E-state index is -3.65. The van der Waals surface area contributed by atoms with Crippen LogP contribution in [-0.4, -0.2) is 24.4 Å². The lowest BCUT2D eigenvalue weighted by Gasteiger charge is -2.30. The maximum Gasteiger partial charge on any atom is 0.317 e. The van der Waals surface area contributed by atoms with Crippen molar-refractivity contribution in [2.75, 3.05) is 6.61 Å². The van der Waals surface area contributed by atoms with E-state index in [4.69, 9.17) is 9.47 Å². The molecular formula is C24H26F2O3. The number of benzene rings is 2. The minimum Gasteiger partial charge on any atom is -0.374 e. The van der Waals surface area contributed by atoms with Crippen LogP contribution in [0.5, 0.6) is 0 Å². The van der Waals surface area contributed by atoms with Gasteiger partial charge in [-0.1, -0.05) is 72.8 Å².